The Morgan fingerprint density at radius 1 is 1.58 bits per heavy atom. The van der Waals surface area contributed by atoms with E-state index >= 15 is 0 Å². The summed E-state index contributed by atoms with van der Waals surface area (Å²) in [7, 11) is 0. The lowest BCUT2D eigenvalue weighted by Crippen LogP contribution is -2.42. The molecule has 5 heteroatoms. The van der Waals surface area contributed by atoms with Crippen molar-refractivity contribution >= 4 is 12.1 Å². The van der Waals surface area contributed by atoms with Gasteiger partial charge in [-0.15, -0.1) is 0 Å². The summed E-state index contributed by atoms with van der Waals surface area (Å²) in [5, 5.41) is 2.73. The Balaban J connectivity index is 2.21. The molecule has 0 aromatic heterocycles. The van der Waals surface area contributed by atoms with Gasteiger partial charge in [0.05, 0.1) is 12.1 Å². The standard InChI is InChI=1S/C7H11N3O2/c8-6(11)10-5-3-1-2-4(5)9-7(10)12/h4-5H,1-3H2,(H2,8,11)(H,9,12). The normalized spacial score (nSPS) is 33.3. The SMILES string of the molecule is NC(=O)N1C(=O)NC2CCCC21. The van der Waals surface area contributed by atoms with Crippen molar-refractivity contribution in [3.05, 3.63) is 0 Å². The van der Waals surface area contributed by atoms with Gasteiger partial charge in [0.2, 0.25) is 0 Å². The van der Waals surface area contributed by atoms with Crippen LogP contribution in [0.4, 0.5) is 9.59 Å². The molecule has 1 heterocycles. The van der Waals surface area contributed by atoms with Crippen LogP contribution in [0.15, 0.2) is 0 Å². The number of hydrogen-bond acceptors (Lipinski definition) is 2. The molecule has 2 aliphatic rings. The first kappa shape index (κ1) is 7.39. The quantitative estimate of drug-likeness (QED) is 0.536. The average Bonchev–Trinajstić information content (AvgIpc) is 2.44. The number of fused-ring (bicyclic) bond motifs is 1. The number of hydrogen-bond donors (Lipinski definition) is 2. The van der Waals surface area contributed by atoms with E-state index in [0.29, 0.717) is 0 Å². The summed E-state index contributed by atoms with van der Waals surface area (Å²) >= 11 is 0. The highest BCUT2D eigenvalue weighted by atomic mass is 16.2. The molecule has 1 saturated heterocycles. The van der Waals surface area contributed by atoms with Gasteiger partial charge in [0.1, 0.15) is 0 Å². The van der Waals surface area contributed by atoms with Gasteiger partial charge >= 0.3 is 12.1 Å². The van der Waals surface area contributed by atoms with E-state index in [2.05, 4.69) is 5.32 Å². The number of nitrogens with two attached hydrogens (primary N) is 1. The second kappa shape index (κ2) is 2.36. The van der Waals surface area contributed by atoms with Crippen LogP contribution in [-0.4, -0.2) is 29.0 Å². The molecule has 2 unspecified atom stereocenters. The maximum atomic E-state index is 11.1. The van der Waals surface area contributed by atoms with Crippen LogP contribution in [0.3, 0.4) is 0 Å². The highest BCUT2D eigenvalue weighted by Crippen LogP contribution is 2.28. The van der Waals surface area contributed by atoms with Crippen LogP contribution in [0.25, 0.3) is 0 Å². The molecule has 1 aliphatic heterocycles. The molecule has 0 spiro atoms. The fourth-order valence-corrected chi connectivity index (χ4v) is 2.06. The second-order valence-electron chi connectivity index (χ2n) is 3.26. The predicted octanol–water partition coefficient (Wildman–Crippen LogP) is 0.0114. The Bertz CT molecular complexity index is 241. The molecular formula is C7H11N3O2. The second-order valence-corrected chi connectivity index (χ2v) is 3.26. The van der Waals surface area contributed by atoms with E-state index in [1.807, 2.05) is 0 Å². The largest absolute Gasteiger partial charge is 0.351 e. The molecule has 0 radical (unpaired) electrons. The number of urea groups is 2. The summed E-state index contributed by atoms with van der Waals surface area (Å²) in [5.41, 5.74) is 5.07. The van der Waals surface area contributed by atoms with Gasteiger partial charge in [-0.05, 0) is 19.3 Å². The predicted molar refractivity (Wildman–Crippen MR) is 41.4 cm³/mol. The number of primary amides is 1. The number of nitrogens with zero attached hydrogens (tertiary/aromatic N) is 1. The van der Waals surface area contributed by atoms with Crippen molar-refractivity contribution in [2.75, 3.05) is 0 Å². The molecular weight excluding hydrogens is 158 g/mol. The highest BCUT2D eigenvalue weighted by Gasteiger charge is 2.44. The molecule has 0 bridgehead atoms. The molecule has 0 aromatic rings. The molecule has 0 aromatic carbocycles. The van der Waals surface area contributed by atoms with Crippen LogP contribution in [0.2, 0.25) is 0 Å². The molecule has 2 rings (SSSR count). The maximum absolute atomic E-state index is 11.1. The fraction of sp³-hybridized carbons (Fsp3) is 0.714. The van der Waals surface area contributed by atoms with Crippen molar-refractivity contribution in [1.82, 2.24) is 10.2 Å². The van der Waals surface area contributed by atoms with Crippen molar-refractivity contribution in [2.24, 2.45) is 5.73 Å². The van der Waals surface area contributed by atoms with Gasteiger partial charge in [-0.1, -0.05) is 0 Å². The van der Waals surface area contributed by atoms with E-state index in [1.54, 1.807) is 0 Å². The Labute approximate surface area is 69.9 Å². The summed E-state index contributed by atoms with van der Waals surface area (Å²) < 4.78 is 0. The monoisotopic (exact) mass is 169 g/mol. The zero-order valence-electron chi connectivity index (χ0n) is 6.62. The van der Waals surface area contributed by atoms with E-state index in [9.17, 15) is 9.59 Å². The Morgan fingerprint density at radius 3 is 3.00 bits per heavy atom. The Hall–Kier alpha value is -1.26. The van der Waals surface area contributed by atoms with Gasteiger partial charge in [-0.2, -0.15) is 0 Å². The lowest BCUT2D eigenvalue weighted by molar-refractivity contribution is 0.193. The molecule has 1 aliphatic carbocycles. The van der Waals surface area contributed by atoms with Crippen LogP contribution in [0.1, 0.15) is 19.3 Å². The van der Waals surface area contributed by atoms with Crippen molar-refractivity contribution in [1.29, 1.82) is 0 Å². The van der Waals surface area contributed by atoms with E-state index < -0.39 is 6.03 Å². The van der Waals surface area contributed by atoms with Gasteiger partial charge in [0.25, 0.3) is 0 Å². The van der Waals surface area contributed by atoms with Gasteiger partial charge in [-0.25, -0.2) is 14.5 Å². The van der Waals surface area contributed by atoms with Gasteiger partial charge in [0, 0.05) is 0 Å². The molecule has 1 saturated carbocycles. The molecule has 12 heavy (non-hydrogen) atoms. The number of nitrogens with one attached hydrogen (secondary N) is 1. The molecule has 66 valence electrons. The third kappa shape index (κ3) is 0.855. The first-order valence-corrected chi connectivity index (χ1v) is 4.09. The summed E-state index contributed by atoms with van der Waals surface area (Å²) in [5.74, 6) is 0. The molecule has 3 N–H and O–H groups in total. The van der Waals surface area contributed by atoms with Crippen LogP contribution in [0.5, 0.6) is 0 Å². The number of rotatable bonds is 0. The van der Waals surface area contributed by atoms with Crippen LogP contribution < -0.4 is 11.1 Å². The minimum atomic E-state index is -0.637. The summed E-state index contributed by atoms with van der Waals surface area (Å²) in [6.07, 6.45) is 2.89. The van der Waals surface area contributed by atoms with Crippen LogP contribution in [0, 0.1) is 0 Å². The Morgan fingerprint density at radius 2 is 2.33 bits per heavy atom. The lowest BCUT2D eigenvalue weighted by Gasteiger charge is -2.16. The third-order valence-corrected chi connectivity index (χ3v) is 2.58. The first-order valence-electron chi connectivity index (χ1n) is 4.09. The third-order valence-electron chi connectivity index (χ3n) is 2.58. The topological polar surface area (TPSA) is 75.4 Å². The van der Waals surface area contributed by atoms with E-state index in [1.165, 1.54) is 0 Å². The van der Waals surface area contributed by atoms with Crippen molar-refractivity contribution in [2.45, 2.75) is 31.3 Å². The lowest BCUT2D eigenvalue weighted by atomic mass is 10.2. The minimum Gasteiger partial charge on any atom is -0.351 e. The van der Waals surface area contributed by atoms with Crippen LogP contribution >= 0.6 is 0 Å². The van der Waals surface area contributed by atoms with Gasteiger partial charge in [-0.3, -0.25) is 0 Å². The maximum Gasteiger partial charge on any atom is 0.326 e. The molecule has 2 fully saturated rings. The Kier molecular flexibility index (Phi) is 1.46. The van der Waals surface area contributed by atoms with Gasteiger partial charge in [0.15, 0.2) is 0 Å². The van der Waals surface area contributed by atoms with Crippen molar-refractivity contribution in [3.63, 3.8) is 0 Å². The molecule has 2 atom stereocenters. The highest BCUT2D eigenvalue weighted by molar-refractivity contribution is 5.95. The van der Waals surface area contributed by atoms with E-state index in [0.717, 1.165) is 24.2 Å². The fourth-order valence-electron chi connectivity index (χ4n) is 2.06. The number of carbonyl (C=O) groups excluding carboxylic acids is 2. The van der Waals surface area contributed by atoms with E-state index in [4.69, 9.17) is 5.73 Å². The van der Waals surface area contributed by atoms with Crippen LogP contribution in [-0.2, 0) is 0 Å². The number of amides is 4. The average molecular weight is 169 g/mol. The summed E-state index contributed by atoms with van der Waals surface area (Å²) in [6.45, 7) is 0. The zero-order chi connectivity index (χ0) is 8.72. The van der Waals surface area contributed by atoms with Crippen molar-refractivity contribution in [3.8, 4) is 0 Å². The summed E-state index contributed by atoms with van der Waals surface area (Å²) in [4.78, 5) is 23.1. The number of imide groups is 1. The molecule has 5 nitrogen and oxygen atoms in total. The smallest absolute Gasteiger partial charge is 0.326 e. The van der Waals surface area contributed by atoms with E-state index in [-0.39, 0.29) is 18.1 Å². The molecule has 4 amide bonds. The van der Waals surface area contributed by atoms with Gasteiger partial charge < -0.3 is 11.1 Å². The minimum absolute atomic E-state index is 0.00926. The summed E-state index contributed by atoms with van der Waals surface area (Å²) in [6, 6.07) is -0.820. The zero-order valence-corrected chi connectivity index (χ0v) is 6.62. The van der Waals surface area contributed by atoms with Crippen molar-refractivity contribution < 1.29 is 9.59 Å². The first-order chi connectivity index (χ1) is 5.70. The number of carbonyl (C=O) groups is 2.